The molecule has 0 unspecified atom stereocenters. The molecule has 0 aliphatic heterocycles. The van der Waals surface area contributed by atoms with E-state index >= 15 is 0 Å². The normalized spacial score (nSPS) is 8.68. The third-order valence-electron chi connectivity index (χ3n) is 2.39. The molecule has 0 amide bonds. The van der Waals surface area contributed by atoms with Crippen molar-refractivity contribution in [3.8, 4) is 0 Å². The number of rotatable bonds is 3. The molecule has 0 atom stereocenters. The van der Waals surface area contributed by atoms with Crippen molar-refractivity contribution in [3.63, 3.8) is 0 Å². The summed E-state index contributed by atoms with van der Waals surface area (Å²) >= 11 is 7.65. The number of thiocarbonyl (C=S) groups is 1. The summed E-state index contributed by atoms with van der Waals surface area (Å²) in [7, 11) is 0. The number of thiol groups is 1. The van der Waals surface area contributed by atoms with Gasteiger partial charge in [0.15, 0.2) is 0 Å². The van der Waals surface area contributed by atoms with Crippen molar-refractivity contribution in [3.05, 3.63) is 71.8 Å². The summed E-state index contributed by atoms with van der Waals surface area (Å²) in [6.07, 6.45) is 2.26. The third-order valence-corrected chi connectivity index (χ3v) is 2.39. The van der Waals surface area contributed by atoms with E-state index in [9.17, 15) is 0 Å². The standard InChI is InChI=1S/C14H14.CH3NS2.Na.H/c1-3-7-13(8-4-1)11-12-14-9-5-2-6-10-14;2-1(3)4;;/h1-10H,11-12H2;(H3,2,3,4);;. The molecule has 19 heavy (non-hydrogen) atoms. The van der Waals surface area contributed by atoms with Gasteiger partial charge in [0.05, 0.1) is 0 Å². The Morgan fingerprint density at radius 1 is 0.842 bits per heavy atom. The van der Waals surface area contributed by atoms with Crippen LogP contribution in [0, 0.1) is 0 Å². The Kier molecular flexibility index (Phi) is 11.3. The number of hydrogen-bond donors (Lipinski definition) is 2. The minimum Gasteiger partial charge on any atom is -0.0622 e. The van der Waals surface area contributed by atoms with E-state index in [2.05, 4.69) is 85.5 Å². The monoisotopic (exact) mass is 299 g/mol. The molecule has 0 heterocycles. The first kappa shape index (κ1) is 18.7. The fourth-order valence-electron chi connectivity index (χ4n) is 1.58. The summed E-state index contributed by atoms with van der Waals surface area (Å²) in [5.41, 5.74) is 7.53. The second-order valence-corrected chi connectivity index (χ2v) is 5.03. The SMILES string of the molecule is NC(=S)S.[NaH].c1ccc(CCc2ccccc2)cc1. The largest absolute Gasteiger partial charge is 0.0622 e. The fourth-order valence-corrected chi connectivity index (χ4v) is 1.58. The summed E-state index contributed by atoms with van der Waals surface area (Å²) < 4.78 is 0.194. The van der Waals surface area contributed by atoms with Crippen molar-refractivity contribution in [1.29, 1.82) is 0 Å². The molecule has 0 aliphatic rings. The maximum absolute atomic E-state index is 4.71. The van der Waals surface area contributed by atoms with E-state index in [-0.39, 0.29) is 33.9 Å². The van der Waals surface area contributed by atoms with E-state index < -0.39 is 0 Å². The van der Waals surface area contributed by atoms with Crippen LogP contribution in [-0.4, -0.2) is 33.9 Å². The number of hydrogen-bond acceptors (Lipinski definition) is 1. The van der Waals surface area contributed by atoms with Crippen LogP contribution in [0.1, 0.15) is 11.1 Å². The Morgan fingerprint density at radius 2 is 1.11 bits per heavy atom. The molecule has 0 saturated heterocycles. The third kappa shape index (κ3) is 10.2. The maximum Gasteiger partial charge on any atom is -0.0238 e. The first-order valence-corrected chi connectivity index (χ1v) is 6.60. The Bertz CT molecular complexity index is 417. The molecule has 0 radical (unpaired) electrons. The van der Waals surface area contributed by atoms with E-state index in [1.54, 1.807) is 0 Å². The molecule has 0 saturated carbocycles. The molecule has 2 aromatic rings. The van der Waals surface area contributed by atoms with Crippen molar-refractivity contribution in [2.45, 2.75) is 12.8 Å². The summed E-state index contributed by atoms with van der Waals surface area (Å²) in [5, 5.41) is 0. The molecule has 0 aliphatic carbocycles. The van der Waals surface area contributed by atoms with Gasteiger partial charge in [-0.05, 0) is 24.0 Å². The van der Waals surface area contributed by atoms with Gasteiger partial charge in [0.1, 0.15) is 4.32 Å². The van der Waals surface area contributed by atoms with Gasteiger partial charge in [-0.2, -0.15) is 0 Å². The first-order valence-electron chi connectivity index (χ1n) is 5.74. The van der Waals surface area contributed by atoms with Crippen LogP contribution in [0.15, 0.2) is 60.7 Å². The summed E-state index contributed by atoms with van der Waals surface area (Å²) in [5.74, 6) is 0. The van der Waals surface area contributed by atoms with Crippen molar-refractivity contribution < 1.29 is 0 Å². The number of nitrogens with two attached hydrogens (primary N) is 1. The molecule has 2 aromatic carbocycles. The Hall–Kier alpha value is -0.320. The van der Waals surface area contributed by atoms with Gasteiger partial charge in [0.25, 0.3) is 0 Å². The molecule has 0 fully saturated rings. The Morgan fingerprint density at radius 3 is 1.37 bits per heavy atom. The van der Waals surface area contributed by atoms with Gasteiger partial charge in [-0.1, -0.05) is 72.9 Å². The summed E-state index contributed by atoms with van der Waals surface area (Å²) in [4.78, 5) is 0. The van der Waals surface area contributed by atoms with Crippen LogP contribution in [0.25, 0.3) is 0 Å². The van der Waals surface area contributed by atoms with Gasteiger partial charge in [0.2, 0.25) is 0 Å². The van der Waals surface area contributed by atoms with Gasteiger partial charge < -0.3 is 5.73 Å². The minimum atomic E-state index is 0. The van der Waals surface area contributed by atoms with Crippen LogP contribution in [-0.2, 0) is 12.8 Å². The van der Waals surface area contributed by atoms with Gasteiger partial charge >= 0.3 is 29.6 Å². The van der Waals surface area contributed by atoms with Crippen LogP contribution in [0.2, 0.25) is 0 Å². The maximum atomic E-state index is 4.71. The molecular weight excluding hydrogens is 281 g/mol. The molecule has 0 spiro atoms. The second kappa shape index (κ2) is 11.5. The second-order valence-electron chi connectivity index (χ2n) is 3.81. The molecule has 2 rings (SSSR count). The van der Waals surface area contributed by atoms with E-state index in [0.717, 1.165) is 12.8 Å². The van der Waals surface area contributed by atoms with Crippen molar-refractivity contribution in [2.24, 2.45) is 5.73 Å². The zero-order chi connectivity index (χ0) is 13.2. The molecule has 0 bridgehead atoms. The minimum absolute atomic E-state index is 0. The molecule has 2 N–H and O–H groups in total. The van der Waals surface area contributed by atoms with Crippen molar-refractivity contribution >= 4 is 58.7 Å². The number of aryl methyl sites for hydroxylation is 2. The Labute approximate surface area is 148 Å². The van der Waals surface area contributed by atoms with Gasteiger partial charge in [0, 0.05) is 0 Å². The van der Waals surface area contributed by atoms with Crippen molar-refractivity contribution in [2.75, 3.05) is 0 Å². The zero-order valence-electron chi connectivity index (χ0n) is 10.1. The van der Waals surface area contributed by atoms with Crippen LogP contribution in [0.5, 0.6) is 0 Å². The van der Waals surface area contributed by atoms with E-state index in [1.807, 2.05) is 0 Å². The summed E-state index contributed by atoms with van der Waals surface area (Å²) in [6.45, 7) is 0. The van der Waals surface area contributed by atoms with E-state index in [1.165, 1.54) is 11.1 Å². The van der Waals surface area contributed by atoms with Gasteiger partial charge in [-0.25, -0.2) is 0 Å². The summed E-state index contributed by atoms with van der Waals surface area (Å²) in [6, 6.07) is 21.2. The van der Waals surface area contributed by atoms with Crippen LogP contribution in [0.4, 0.5) is 0 Å². The molecule has 1 nitrogen and oxygen atoms in total. The van der Waals surface area contributed by atoms with Crippen LogP contribution < -0.4 is 5.73 Å². The fraction of sp³-hybridized carbons (Fsp3) is 0.133. The predicted octanol–water partition coefficient (Wildman–Crippen LogP) is 2.98. The van der Waals surface area contributed by atoms with E-state index in [4.69, 9.17) is 5.73 Å². The quantitative estimate of drug-likeness (QED) is 0.518. The first-order chi connectivity index (χ1) is 8.68. The van der Waals surface area contributed by atoms with Crippen molar-refractivity contribution in [1.82, 2.24) is 0 Å². The van der Waals surface area contributed by atoms with Gasteiger partial charge in [-0.15, -0.1) is 12.6 Å². The smallest absolute Gasteiger partial charge is 0.0238 e. The zero-order valence-corrected chi connectivity index (χ0v) is 11.8. The molecular formula is C15H18NNaS2. The van der Waals surface area contributed by atoms with E-state index in [0.29, 0.717) is 0 Å². The average molecular weight is 299 g/mol. The molecule has 96 valence electrons. The Balaban J connectivity index is 0.000000576. The average Bonchev–Trinajstić information content (AvgIpc) is 2.38. The number of benzene rings is 2. The van der Waals surface area contributed by atoms with Crippen LogP contribution >= 0.6 is 24.8 Å². The van der Waals surface area contributed by atoms with Crippen LogP contribution in [0.3, 0.4) is 0 Å². The molecule has 4 heteroatoms. The van der Waals surface area contributed by atoms with Gasteiger partial charge in [-0.3, -0.25) is 0 Å². The topological polar surface area (TPSA) is 26.0 Å². The molecule has 0 aromatic heterocycles. The predicted molar refractivity (Wildman–Crippen MR) is 93.2 cm³/mol.